The Morgan fingerprint density at radius 3 is 2.92 bits per heavy atom. The fourth-order valence-electron chi connectivity index (χ4n) is 3.39. The van der Waals surface area contributed by atoms with Crippen LogP contribution in [-0.2, 0) is 16.1 Å². The number of rotatable bonds is 4. The SMILES string of the molecule is COC(=O)Cn1ncc2c(N3CC[C@@H](c4ccccc4)C3)ncnc21. The first-order valence-corrected chi connectivity index (χ1v) is 8.29. The molecule has 1 aliphatic rings. The molecule has 1 aliphatic heterocycles. The molecule has 0 unspecified atom stereocenters. The third-order valence-electron chi connectivity index (χ3n) is 4.68. The molecule has 3 heterocycles. The van der Waals surface area contributed by atoms with Gasteiger partial charge in [-0.3, -0.25) is 4.79 Å². The van der Waals surface area contributed by atoms with Gasteiger partial charge in [-0.2, -0.15) is 5.10 Å². The van der Waals surface area contributed by atoms with Gasteiger partial charge in [0.2, 0.25) is 0 Å². The number of esters is 1. The van der Waals surface area contributed by atoms with Crippen molar-refractivity contribution in [1.29, 1.82) is 0 Å². The minimum Gasteiger partial charge on any atom is -0.468 e. The molecule has 1 aromatic carbocycles. The Bertz CT molecular complexity index is 893. The van der Waals surface area contributed by atoms with Gasteiger partial charge in [-0.15, -0.1) is 0 Å². The summed E-state index contributed by atoms with van der Waals surface area (Å²) in [5, 5.41) is 5.14. The standard InChI is InChI=1S/C18H19N5O2/c1-25-16(24)11-23-18-15(9-21-23)17(19-12-20-18)22-8-7-14(10-22)13-5-3-2-4-6-13/h2-6,9,12,14H,7-8,10-11H2,1H3/t14-/m1/s1. The molecule has 3 aromatic rings. The van der Waals surface area contributed by atoms with Crippen molar-refractivity contribution in [2.45, 2.75) is 18.9 Å². The Morgan fingerprint density at radius 2 is 2.12 bits per heavy atom. The van der Waals surface area contributed by atoms with Crippen molar-refractivity contribution in [3.63, 3.8) is 0 Å². The number of carbonyl (C=O) groups is 1. The van der Waals surface area contributed by atoms with Crippen LogP contribution >= 0.6 is 0 Å². The average Bonchev–Trinajstić information content (AvgIpc) is 3.30. The Balaban J connectivity index is 1.61. The van der Waals surface area contributed by atoms with E-state index in [-0.39, 0.29) is 12.5 Å². The van der Waals surface area contributed by atoms with E-state index in [4.69, 9.17) is 4.74 Å². The lowest BCUT2D eigenvalue weighted by molar-refractivity contribution is -0.141. The molecule has 7 nitrogen and oxygen atoms in total. The van der Waals surface area contributed by atoms with Gasteiger partial charge in [-0.1, -0.05) is 30.3 Å². The molecule has 128 valence electrons. The Hall–Kier alpha value is -2.96. The molecule has 0 amide bonds. The lowest BCUT2D eigenvalue weighted by Gasteiger charge is -2.18. The molecular formula is C18H19N5O2. The fraction of sp³-hybridized carbons (Fsp3) is 0.333. The van der Waals surface area contributed by atoms with Gasteiger partial charge < -0.3 is 9.64 Å². The van der Waals surface area contributed by atoms with Crippen LogP contribution in [-0.4, -0.2) is 45.9 Å². The van der Waals surface area contributed by atoms with E-state index in [0.29, 0.717) is 11.6 Å². The number of methoxy groups -OCH3 is 1. The van der Waals surface area contributed by atoms with Crippen LogP contribution in [0.5, 0.6) is 0 Å². The summed E-state index contributed by atoms with van der Waals surface area (Å²) in [7, 11) is 1.36. The van der Waals surface area contributed by atoms with Crippen LogP contribution in [0.4, 0.5) is 5.82 Å². The van der Waals surface area contributed by atoms with Crippen LogP contribution < -0.4 is 4.90 Å². The van der Waals surface area contributed by atoms with Crippen molar-refractivity contribution >= 4 is 22.8 Å². The quantitative estimate of drug-likeness (QED) is 0.678. The minimum atomic E-state index is -0.351. The number of ether oxygens (including phenoxy) is 1. The Labute approximate surface area is 145 Å². The largest absolute Gasteiger partial charge is 0.468 e. The summed E-state index contributed by atoms with van der Waals surface area (Å²) in [6.45, 7) is 1.90. The van der Waals surface area contributed by atoms with Crippen LogP contribution in [0.15, 0.2) is 42.9 Å². The number of hydrogen-bond acceptors (Lipinski definition) is 6. The predicted molar refractivity (Wildman–Crippen MR) is 93.4 cm³/mol. The number of benzene rings is 1. The molecule has 1 fully saturated rings. The summed E-state index contributed by atoms with van der Waals surface area (Å²) < 4.78 is 6.26. The van der Waals surface area contributed by atoms with Crippen LogP contribution in [0.25, 0.3) is 11.0 Å². The number of carbonyl (C=O) groups excluding carboxylic acids is 1. The molecule has 0 N–H and O–H groups in total. The highest BCUT2D eigenvalue weighted by Crippen LogP contribution is 2.32. The number of anilines is 1. The molecule has 0 bridgehead atoms. The highest BCUT2D eigenvalue weighted by atomic mass is 16.5. The molecule has 25 heavy (non-hydrogen) atoms. The van der Waals surface area contributed by atoms with Gasteiger partial charge >= 0.3 is 5.97 Å². The molecule has 0 aliphatic carbocycles. The highest BCUT2D eigenvalue weighted by molar-refractivity contribution is 5.87. The Kier molecular flexibility index (Phi) is 4.05. The van der Waals surface area contributed by atoms with Gasteiger partial charge in [0.05, 0.1) is 18.7 Å². The molecule has 1 atom stereocenters. The van der Waals surface area contributed by atoms with E-state index < -0.39 is 0 Å². The zero-order valence-corrected chi connectivity index (χ0v) is 14.0. The lowest BCUT2D eigenvalue weighted by Crippen LogP contribution is -2.21. The molecular weight excluding hydrogens is 318 g/mol. The molecule has 1 saturated heterocycles. The summed E-state index contributed by atoms with van der Waals surface area (Å²) in [6, 6.07) is 10.6. The van der Waals surface area contributed by atoms with Gasteiger partial charge in [-0.05, 0) is 12.0 Å². The highest BCUT2D eigenvalue weighted by Gasteiger charge is 2.26. The van der Waals surface area contributed by atoms with Crippen LogP contribution in [0.1, 0.15) is 17.9 Å². The molecule has 0 saturated carbocycles. The van der Waals surface area contributed by atoms with E-state index in [1.807, 2.05) is 6.07 Å². The van der Waals surface area contributed by atoms with Crippen molar-refractivity contribution in [3.8, 4) is 0 Å². The topological polar surface area (TPSA) is 73.1 Å². The molecule has 4 rings (SSSR count). The second-order valence-electron chi connectivity index (χ2n) is 6.16. The summed E-state index contributed by atoms with van der Waals surface area (Å²) in [5.41, 5.74) is 2.01. The first-order chi connectivity index (χ1) is 12.3. The molecule has 0 radical (unpaired) electrons. The van der Waals surface area contributed by atoms with Crippen molar-refractivity contribution in [1.82, 2.24) is 19.7 Å². The van der Waals surface area contributed by atoms with E-state index in [1.165, 1.54) is 19.0 Å². The zero-order valence-electron chi connectivity index (χ0n) is 14.0. The summed E-state index contributed by atoms with van der Waals surface area (Å²) in [4.78, 5) is 22.6. The van der Waals surface area contributed by atoms with Gasteiger partial charge in [-0.25, -0.2) is 14.6 Å². The minimum absolute atomic E-state index is 0.0447. The summed E-state index contributed by atoms with van der Waals surface area (Å²) in [5.74, 6) is 1.02. The molecule has 7 heteroatoms. The summed E-state index contributed by atoms with van der Waals surface area (Å²) >= 11 is 0. The van der Waals surface area contributed by atoms with E-state index >= 15 is 0 Å². The fourth-order valence-corrected chi connectivity index (χ4v) is 3.39. The van der Waals surface area contributed by atoms with Crippen LogP contribution in [0, 0.1) is 0 Å². The van der Waals surface area contributed by atoms with Crippen LogP contribution in [0.3, 0.4) is 0 Å². The molecule has 2 aromatic heterocycles. The zero-order chi connectivity index (χ0) is 17.2. The van der Waals surface area contributed by atoms with Gasteiger partial charge in [0.1, 0.15) is 18.7 Å². The van der Waals surface area contributed by atoms with E-state index in [1.54, 1.807) is 10.9 Å². The van der Waals surface area contributed by atoms with Gasteiger partial charge in [0, 0.05) is 19.0 Å². The first-order valence-electron chi connectivity index (χ1n) is 8.29. The average molecular weight is 337 g/mol. The Morgan fingerprint density at radius 1 is 1.28 bits per heavy atom. The number of aromatic nitrogens is 4. The number of nitrogens with zero attached hydrogens (tertiary/aromatic N) is 5. The van der Waals surface area contributed by atoms with E-state index in [2.05, 4.69) is 44.2 Å². The summed E-state index contributed by atoms with van der Waals surface area (Å²) in [6.07, 6.45) is 4.35. The maximum Gasteiger partial charge on any atom is 0.327 e. The third kappa shape index (κ3) is 2.93. The van der Waals surface area contributed by atoms with Crippen LogP contribution in [0.2, 0.25) is 0 Å². The third-order valence-corrected chi connectivity index (χ3v) is 4.68. The molecule has 0 spiro atoms. The monoisotopic (exact) mass is 337 g/mol. The second kappa shape index (κ2) is 6.51. The second-order valence-corrected chi connectivity index (χ2v) is 6.16. The van der Waals surface area contributed by atoms with Crippen molar-refractivity contribution in [2.75, 3.05) is 25.1 Å². The lowest BCUT2D eigenvalue weighted by atomic mass is 9.99. The predicted octanol–water partition coefficient (Wildman–Crippen LogP) is 1.99. The smallest absolute Gasteiger partial charge is 0.327 e. The van der Waals surface area contributed by atoms with Crippen molar-refractivity contribution in [2.24, 2.45) is 0 Å². The van der Waals surface area contributed by atoms with Gasteiger partial charge in [0.15, 0.2) is 5.65 Å². The van der Waals surface area contributed by atoms with Gasteiger partial charge in [0.25, 0.3) is 0 Å². The number of hydrogen-bond donors (Lipinski definition) is 0. The van der Waals surface area contributed by atoms with Crippen molar-refractivity contribution < 1.29 is 9.53 Å². The maximum atomic E-state index is 11.5. The number of fused-ring (bicyclic) bond motifs is 1. The first kappa shape index (κ1) is 15.6. The maximum absolute atomic E-state index is 11.5. The van der Waals surface area contributed by atoms with E-state index in [0.717, 1.165) is 30.7 Å². The normalized spacial score (nSPS) is 17.2. The van der Waals surface area contributed by atoms with E-state index in [9.17, 15) is 4.79 Å². The van der Waals surface area contributed by atoms with Crippen molar-refractivity contribution in [3.05, 3.63) is 48.4 Å².